The number of carboxylic acid groups (broad SMARTS) is 1. The summed E-state index contributed by atoms with van der Waals surface area (Å²) < 4.78 is 5.16. The van der Waals surface area contributed by atoms with Crippen LogP contribution in [0.2, 0.25) is 0 Å². The van der Waals surface area contributed by atoms with Crippen LogP contribution in [0.3, 0.4) is 0 Å². The summed E-state index contributed by atoms with van der Waals surface area (Å²) in [7, 11) is 0. The molecular weight excluding hydrogens is 346 g/mol. The third kappa shape index (κ3) is 5.16. The second-order valence-electron chi connectivity index (χ2n) is 5.91. The average Bonchev–Trinajstić information content (AvgIpc) is 2.64. The van der Waals surface area contributed by atoms with Crippen LogP contribution < -0.4 is 15.6 Å². The minimum atomic E-state index is -1.02. The summed E-state index contributed by atoms with van der Waals surface area (Å²) in [5.74, 6) is -3.37. The Morgan fingerprint density at radius 3 is 2.31 bits per heavy atom. The molecule has 0 unspecified atom stereocenters. The number of nitrogens with one attached hydrogen (secondary N) is 2. The summed E-state index contributed by atoms with van der Waals surface area (Å²) >= 11 is 0. The van der Waals surface area contributed by atoms with E-state index in [0.717, 1.165) is 12.8 Å². The van der Waals surface area contributed by atoms with Crippen LogP contribution in [0, 0.1) is 22.0 Å². The molecule has 1 aromatic rings. The largest absolute Gasteiger partial charge is 0.484 e. The Labute approximate surface area is 148 Å². The fraction of sp³-hybridized carbons (Fsp3) is 0.438. The lowest BCUT2D eigenvalue weighted by atomic mass is 9.79. The molecule has 2 atom stereocenters. The van der Waals surface area contributed by atoms with Gasteiger partial charge in [-0.2, -0.15) is 0 Å². The van der Waals surface area contributed by atoms with Crippen molar-refractivity contribution in [3.05, 3.63) is 34.4 Å². The first-order chi connectivity index (χ1) is 12.4. The third-order valence-corrected chi connectivity index (χ3v) is 4.16. The van der Waals surface area contributed by atoms with Crippen LogP contribution in [-0.4, -0.2) is 34.4 Å². The highest BCUT2D eigenvalue weighted by molar-refractivity contribution is 5.87. The number of amides is 2. The number of hydrogen-bond donors (Lipinski definition) is 3. The number of carbonyl (C=O) groups excluding carboxylic acids is 2. The van der Waals surface area contributed by atoms with Crippen molar-refractivity contribution >= 4 is 23.5 Å². The molecule has 0 spiro atoms. The van der Waals surface area contributed by atoms with Crippen molar-refractivity contribution in [1.82, 2.24) is 10.9 Å². The Bertz CT molecular complexity index is 690. The Morgan fingerprint density at radius 1 is 1.12 bits per heavy atom. The summed E-state index contributed by atoms with van der Waals surface area (Å²) in [6, 6.07) is 5.18. The standard InChI is InChI=1S/C16H19N3O7/c20-14(9-26-11-7-5-10(6-8-11)19(24)25)17-18-15(21)12-3-1-2-4-13(12)16(22)23/h5-8,12-13H,1-4,9H2,(H,17,20)(H,18,21)(H,22,23)/t12-,13+/m0/s1. The van der Waals surface area contributed by atoms with Crippen LogP contribution in [-0.2, 0) is 14.4 Å². The van der Waals surface area contributed by atoms with E-state index in [2.05, 4.69) is 10.9 Å². The quantitative estimate of drug-likeness (QED) is 0.503. The highest BCUT2D eigenvalue weighted by atomic mass is 16.6. The monoisotopic (exact) mass is 365 g/mol. The minimum Gasteiger partial charge on any atom is -0.484 e. The molecule has 0 bridgehead atoms. The normalized spacial score (nSPS) is 19.2. The molecule has 1 fully saturated rings. The Hall–Kier alpha value is -3.17. The summed E-state index contributed by atoms with van der Waals surface area (Å²) in [6.07, 6.45) is 2.41. The van der Waals surface area contributed by atoms with Crippen molar-refractivity contribution in [2.45, 2.75) is 25.7 Å². The Kier molecular flexibility index (Phi) is 6.48. The van der Waals surface area contributed by atoms with Crippen LogP contribution in [0.1, 0.15) is 25.7 Å². The first-order valence-corrected chi connectivity index (χ1v) is 8.07. The predicted octanol–water partition coefficient (Wildman–Crippen LogP) is 1.01. The summed E-state index contributed by atoms with van der Waals surface area (Å²) in [4.78, 5) is 45.0. The van der Waals surface area contributed by atoms with E-state index in [0.29, 0.717) is 12.8 Å². The van der Waals surface area contributed by atoms with Crippen molar-refractivity contribution in [2.24, 2.45) is 11.8 Å². The van der Waals surface area contributed by atoms with Gasteiger partial charge in [0.2, 0.25) is 5.91 Å². The zero-order chi connectivity index (χ0) is 19.1. The van der Waals surface area contributed by atoms with Gasteiger partial charge < -0.3 is 9.84 Å². The van der Waals surface area contributed by atoms with Gasteiger partial charge in [0.05, 0.1) is 16.8 Å². The molecule has 10 heteroatoms. The van der Waals surface area contributed by atoms with Gasteiger partial charge in [-0.3, -0.25) is 35.3 Å². The highest BCUT2D eigenvalue weighted by Gasteiger charge is 2.35. The molecule has 0 radical (unpaired) electrons. The number of non-ortho nitro benzene ring substituents is 1. The van der Waals surface area contributed by atoms with Crippen LogP contribution >= 0.6 is 0 Å². The zero-order valence-electron chi connectivity index (χ0n) is 13.8. The smallest absolute Gasteiger partial charge is 0.307 e. The van der Waals surface area contributed by atoms with Gasteiger partial charge in [-0.25, -0.2) is 0 Å². The molecule has 2 rings (SSSR count). The molecule has 3 N–H and O–H groups in total. The number of hydrogen-bond acceptors (Lipinski definition) is 6. The number of ether oxygens (including phenoxy) is 1. The van der Waals surface area contributed by atoms with Gasteiger partial charge in [-0.15, -0.1) is 0 Å². The zero-order valence-corrected chi connectivity index (χ0v) is 13.8. The van der Waals surface area contributed by atoms with E-state index in [1.165, 1.54) is 24.3 Å². The highest BCUT2D eigenvalue weighted by Crippen LogP contribution is 2.30. The maximum Gasteiger partial charge on any atom is 0.307 e. The fourth-order valence-corrected chi connectivity index (χ4v) is 2.81. The molecule has 1 aliphatic carbocycles. The second-order valence-corrected chi connectivity index (χ2v) is 5.91. The Balaban J connectivity index is 1.78. The maximum absolute atomic E-state index is 12.1. The molecule has 1 aliphatic rings. The molecule has 2 amide bonds. The number of carboxylic acids is 1. The van der Waals surface area contributed by atoms with Crippen molar-refractivity contribution in [3.63, 3.8) is 0 Å². The van der Waals surface area contributed by atoms with Gasteiger partial charge in [0.25, 0.3) is 11.6 Å². The molecule has 140 valence electrons. The first kappa shape index (κ1) is 19.2. The number of rotatable bonds is 6. The lowest BCUT2D eigenvalue weighted by Crippen LogP contribution is -2.49. The molecule has 1 aromatic carbocycles. The number of nitro benzene ring substituents is 1. The number of carbonyl (C=O) groups is 3. The molecule has 10 nitrogen and oxygen atoms in total. The fourth-order valence-electron chi connectivity index (χ4n) is 2.81. The van der Waals surface area contributed by atoms with E-state index in [9.17, 15) is 24.5 Å². The van der Waals surface area contributed by atoms with Crippen molar-refractivity contribution in [1.29, 1.82) is 0 Å². The lowest BCUT2D eigenvalue weighted by Gasteiger charge is -2.27. The predicted molar refractivity (Wildman–Crippen MR) is 88.0 cm³/mol. The molecule has 26 heavy (non-hydrogen) atoms. The van der Waals surface area contributed by atoms with Gasteiger partial charge in [0.1, 0.15) is 5.75 Å². The average molecular weight is 365 g/mol. The molecule has 1 saturated carbocycles. The molecule has 0 aromatic heterocycles. The molecular formula is C16H19N3O7. The number of benzene rings is 1. The number of hydrazine groups is 1. The molecule has 0 aliphatic heterocycles. The van der Waals surface area contributed by atoms with E-state index >= 15 is 0 Å². The van der Waals surface area contributed by atoms with Crippen LogP contribution in [0.4, 0.5) is 5.69 Å². The lowest BCUT2D eigenvalue weighted by molar-refractivity contribution is -0.384. The maximum atomic E-state index is 12.1. The first-order valence-electron chi connectivity index (χ1n) is 8.07. The minimum absolute atomic E-state index is 0.102. The third-order valence-electron chi connectivity index (χ3n) is 4.16. The van der Waals surface area contributed by atoms with E-state index in [1.807, 2.05) is 0 Å². The van der Waals surface area contributed by atoms with Crippen molar-refractivity contribution in [2.75, 3.05) is 6.61 Å². The number of nitrogens with zero attached hydrogens (tertiary/aromatic N) is 1. The second kappa shape index (κ2) is 8.79. The SMILES string of the molecule is O=C(COc1ccc([N+](=O)[O-])cc1)NNC(=O)[C@H]1CCCC[C@H]1C(=O)O. The van der Waals surface area contributed by atoms with Gasteiger partial charge in [0.15, 0.2) is 6.61 Å². The molecule has 0 saturated heterocycles. The topological polar surface area (TPSA) is 148 Å². The number of aliphatic carboxylic acids is 1. The van der Waals surface area contributed by atoms with Crippen molar-refractivity contribution < 1.29 is 29.2 Å². The van der Waals surface area contributed by atoms with Gasteiger partial charge in [-0.1, -0.05) is 12.8 Å². The van der Waals surface area contributed by atoms with E-state index in [4.69, 9.17) is 9.84 Å². The Morgan fingerprint density at radius 2 is 1.73 bits per heavy atom. The summed E-state index contributed by atoms with van der Waals surface area (Å²) in [6.45, 7) is -0.412. The summed E-state index contributed by atoms with van der Waals surface area (Å²) in [5, 5.41) is 19.7. The van der Waals surface area contributed by atoms with Gasteiger partial charge in [-0.05, 0) is 25.0 Å². The van der Waals surface area contributed by atoms with Gasteiger partial charge in [0, 0.05) is 12.1 Å². The summed E-state index contributed by atoms with van der Waals surface area (Å²) in [5.41, 5.74) is 4.30. The van der Waals surface area contributed by atoms with E-state index in [1.54, 1.807) is 0 Å². The van der Waals surface area contributed by atoms with Crippen LogP contribution in [0.5, 0.6) is 5.75 Å². The van der Waals surface area contributed by atoms with E-state index < -0.39 is 41.1 Å². The number of nitro groups is 1. The molecule has 0 heterocycles. The van der Waals surface area contributed by atoms with Crippen molar-refractivity contribution in [3.8, 4) is 5.75 Å². The van der Waals surface area contributed by atoms with Gasteiger partial charge >= 0.3 is 5.97 Å². The van der Waals surface area contributed by atoms with Crippen LogP contribution in [0.25, 0.3) is 0 Å². The van der Waals surface area contributed by atoms with E-state index in [-0.39, 0.29) is 11.4 Å². The van der Waals surface area contributed by atoms with Crippen LogP contribution in [0.15, 0.2) is 24.3 Å².